The third-order valence-corrected chi connectivity index (χ3v) is 4.23. The molecule has 1 amide bonds. The number of hydrogen-bond acceptors (Lipinski definition) is 5. The number of hydrogen-bond donors (Lipinski definition) is 1. The average Bonchev–Trinajstić information content (AvgIpc) is 3.34. The van der Waals surface area contributed by atoms with Crippen LogP contribution in [-0.4, -0.2) is 41.6 Å². The number of nitrogens with one attached hydrogen (secondary N) is 1. The van der Waals surface area contributed by atoms with Crippen LogP contribution >= 0.6 is 0 Å². The second-order valence-electron chi connectivity index (χ2n) is 5.80. The zero-order chi connectivity index (χ0) is 19.4. The molecule has 2 heterocycles. The van der Waals surface area contributed by atoms with E-state index in [0.29, 0.717) is 28.6 Å². The standard InChI is InChI=1S/C19H22N4O4/c1-22-19(23-7-5-6-8-23)14(12-21-22)18(24)20-11-13-9-16(26-3)17(27-4)10-15(13)25-2/h5-10,12H,11H2,1-4H3,(H,20,24). The SMILES string of the molecule is COc1cc(OC)c(OC)cc1CNC(=O)c1cnn(C)c1-n1cccc1. The van der Waals surface area contributed by atoms with Crippen molar-refractivity contribution in [2.75, 3.05) is 21.3 Å². The number of amides is 1. The molecule has 3 aromatic rings. The molecule has 8 nitrogen and oxygen atoms in total. The van der Waals surface area contributed by atoms with Gasteiger partial charge in [0.1, 0.15) is 17.1 Å². The van der Waals surface area contributed by atoms with Crippen molar-refractivity contribution in [3.05, 3.63) is 54.0 Å². The summed E-state index contributed by atoms with van der Waals surface area (Å²) in [7, 11) is 6.48. The summed E-state index contributed by atoms with van der Waals surface area (Å²) in [6, 6.07) is 7.30. The first-order valence-electron chi connectivity index (χ1n) is 8.31. The van der Waals surface area contributed by atoms with Crippen LogP contribution in [0.3, 0.4) is 0 Å². The molecule has 27 heavy (non-hydrogen) atoms. The van der Waals surface area contributed by atoms with Gasteiger partial charge < -0.3 is 24.1 Å². The normalized spacial score (nSPS) is 10.5. The third kappa shape index (κ3) is 3.59. The lowest BCUT2D eigenvalue weighted by molar-refractivity contribution is 0.0950. The van der Waals surface area contributed by atoms with E-state index in [1.165, 1.54) is 0 Å². The molecule has 142 valence electrons. The molecule has 1 aromatic carbocycles. The Balaban J connectivity index is 1.83. The quantitative estimate of drug-likeness (QED) is 0.689. The molecule has 0 aliphatic rings. The molecule has 8 heteroatoms. The Morgan fingerprint density at radius 2 is 1.67 bits per heavy atom. The minimum Gasteiger partial charge on any atom is -0.496 e. The number of aryl methyl sites for hydroxylation is 1. The Morgan fingerprint density at radius 3 is 2.30 bits per heavy atom. The summed E-state index contributed by atoms with van der Waals surface area (Å²) in [6.07, 6.45) is 5.28. The van der Waals surface area contributed by atoms with Gasteiger partial charge in [-0.3, -0.25) is 9.48 Å². The van der Waals surface area contributed by atoms with Crippen LogP contribution < -0.4 is 19.5 Å². The molecule has 0 saturated heterocycles. The number of benzene rings is 1. The van der Waals surface area contributed by atoms with Crippen molar-refractivity contribution < 1.29 is 19.0 Å². The predicted octanol–water partition coefficient (Wildman–Crippen LogP) is 2.17. The van der Waals surface area contributed by atoms with Crippen LogP contribution in [-0.2, 0) is 13.6 Å². The molecule has 0 unspecified atom stereocenters. The summed E-state index contributed by atoms with van der Waals surface area (Å²) in [5, 5.41) is 7.12. The van der Waals surface area contributed by atoms with Crippen LogP contribution in [0.1, 0.15) is 15.9 Å². The van der Waals surface area contributed by atoms with Crippen molar-refractivity contribution in [2.24, 2.45) is 7.05 Å². The van der Waals surface area contributed by atoms with Gasteiger partial charge >= 0.3 is 0 Å². The van der Waals surface area contributed by atoms with E-state index in [1.54, 1.807) is 51.4 Å². The highest BCUT2D eigenvalue weighted by Gasteiger charge is 2.18. The molecule has 0 aliphatic heterocycles. The lowest BCUT2D eigenvalue weighted by Crippen LogP contribution is -2.24. The van der Waals surface area contributed by atoms with Gasteiger partial charge in [0.25, 0.3) is 5.91 Å². The molecule has 0 bridgehead atoms. The second-order valence-corrected chi connectivity index (χ2v) is 5.80. The van der Waals surface area contributed by atoms with Gasteiger partial charge in [-0.05, 0) is 18.2 Å². The highest BCUT2D eigenvalue weighted by Crippen LogP contribution is 2.34. The van der Waals surface area contributed by atoms with E-state index < -0.39 is 0 Å². The molecular weight excluding hydrogens is 348 g/mol. The number of nitrogens with zero attached hydrogens (tertiary/aromatic N) is 3. The summed E-state index contributed by atoms with van der Waals surface area (Å²) in [4.78, 5) is 12.8. The Morgan fingerprint density at radius 1 is 1.04 bits per heavy atom. The van der Waals surface area contributed by atoms with Gasteiger partial charge in [0.2, 0.25) is 0 Å². The molecule has 1 N–H and O–H groups in total. The maximum atomic E-state index is 12.8. The monoisotopic (exact) mass is 370 g/mol. The van der Waals surface area contributed by atoms with Gasteiger partial charge in [0.05, 0.1) is 27.5 Å². The number of rotatable bonds is 7. The fourth-order valence-electron chi connectivity index (χ4n) is 2.87. The lowest BCUT2D eigenvalue weighted by Gasteiger charge is -2.15. The first kappa shape index (κ1) is 18.4. The minimum atomic E-state index is -0.233. The zero-order valence-corrected chi connectivity index (χ0v) is 15.7. The summed E-state index contributed by atoms with van der Waals surface area (Å²) in [6.45, 7) is 0.266. The fourth-order valence-corrected chi connectivity index (χ4v) is 2.87. The topological polar surface area (TPSA) is 79.5 Å². The Bertz CT molecular complexity index is 932. The van der Waals surface area contributed by atoms with Gasteiger partial charge in [-0.1, -0.05) is 0 Å². The number of methoxy groups -OCH3 is 3. The second kappa shape index (κ2) is 7.86. The maximum absolute atomic E-state index is 12.8. The van der Waals surface area contributed by atoms with E-state index in [1.807, 2.05) is 29.1 Å². The van der Waals surface area contributed by atoms with Crippen molar-refractivity contribution in [1.29, 1.82) is 0 Å². The largest absolute Gasteiger partial charge is 0.496 e. The number of ether oxygens (including phenoxy) is 3. The third-order valence-electron chi connectivity index (χ3n) is 4.23. The molecule has 0 saturated carbocycles. The molecule has 2 aromatic heterocycles. The minimum absolute atomic E-state index is 0.233. The van der Waals surface area contributed by atoms with Crippen molar-refractivity contribution in [3.63, 3.8) is 0 Å². The first-order valence-corrected chi connectivity index (χ1v) is 8.31. The molecule has 0 radical (unpaired) electrons. The Hall–Kier alpha value is -3.42. The summed E-state index contributed by atoms with van der Waals surface area (Å²) < 4.78 is 19.5. The summed E-state index contributed by atoms with van der Waals surface area (Å²) in [5.41, 5.74) is 1.25. The van der Waals surface area contributed by atoms with Crippen LogP contribution in [0, 0.1) is 0 Å². The Labute approximate surface area is 157 Å². The van der Waals surface area contributed by atoms with Gasteiger partial charge in [-0.15, -0.1) is 0 Å². The average molecular weight is 370 g/mol. The smallest absolute Gasteiger partial charge is 0.256 e. The van der Waals surface area contributed by atoms with E-state index in [9.17, 15) is 4.79 Å². The van der Waals surface area contributed by atoms with Crippen LogP contribution in [0.4, 0.5) is 0 Å². The van der Waals surface area contributed by atoms with Gasteiger partial charge in [0, 0.05) is 37.6 Å². The van der Waals surface area contributed by atoms with E-state index >= 15 is 0 Å². The first-order chi connectivity index (χ1) is 13.1. The van der Waals surface area contributed by atoms with Crippen molar-refractivity contribution in [3.8, 4) is 23.1 Å². The van der Waals surface area contributed by atoms with Crippen LogP contribution in [0.5, 0.6) is 17.2 Å². The van der Waals surface area contributed by atoms with Crippen molar-refractivity contribution >= 4 is 5.91 Å². The van der Waals surface area contributed by atoms with E-state index in [2.05, 4.69) is 10.4 Å². The fraction of sp³-hybridized carbons (Fsp3) is 0.263. The molecular formula is C19H22N4O4. The van der Waals surface area contributed by atoms with Crippen LogP contribution in [0.25, 0.3) is 5.82 Å². The molecule has 3 rings (SSSR count). The predicted molar refractivity (Wildman–Crippen MR) is 99.8 cm³/mol. The summed E-state index contributed by atoms with van der Waals surface area (Å²) >= 11 is 0. The van der Waals surface area contributed by atoms with E-state index in [-0.39, 0.29) is 12.5 Å². The van der Waals surface area contributed by atoms with Crippen LogP contribution in [0.15, 0.2) is 42.9 Å². The lowest BCUT2D eigenvalue weighted by atomic mass is 10.1. The highest BCUT2D eigenvalue weighted by atomic mass is 16.5. The maximum Gasteiger partial charge on any atom is 0.256 e. The van der Waals surface area contributed by atoms with Gasteiger partial charge in [-0.25, -0.2) is 0 Å². The molecule has 0 atom stereocenters. The van der Waals surface area contributed by atoms with Crippen LogP contribution in [0.2, 0.25) is 0 Å². The highest BCUT2D eigenvalue weighted by molar-refractivity contribution is 5.97. The Kier molecular flexibility index (Phi) is 5.35. The van der Waals surface area contributed by atoms with Gasteiger partial charge in [0.15, 0.2) is 11.5 Å². The zero-order valence-electron chi connectivity index (χ0n) is 15.7. The summed E-state index contributed by atoms with van der Waals surface area (Å²) in [5.74, 6) is 2.19. The van der Waals surface area contributed by atoms with Gasteiger partial charge in [-0.2, -0.15) is 5.10 Å². The van der Waals surface area contributed by atoms with E-state index in [0.717, 1.165) is 5.56 Å². The molecule has 0 spiro atoms. The van der Waals surface area contributed by atoms with Crippen molar-refractivity contribution in [1.82, 2.24) is 19.7 Å². The number of carbonyl (C=O) groups excluding carboxylic acids is 1. The number of carbonyl (C=O) groups is 1. The molecule has 0 fully saturated rings. The molecule has 0 aliphatic carbocycles. The van der Waals surface area contributed by atoms with E-state index in [4.69, 9.17) is 14.2 Å². The van der Waals surface area contributed by atoms with Crippen molar-refractivity contribution in [2.45, 2.75) is 6.54 Å². The number of aromatic nitrogens is 3.